The number of rotatable bonds is 2. The average molecular weight is 254 g/mol. The maximum absolute atomic E-state index is 11.5. The fourth-order valence-corrected chi connectivity index (χ4v) is 1.61. The molecule has 0 fully saturated rings. The first kappa shape index (κ1) is 11.6. The van der Waals surface area contributed by atoms with Crippen molar-refractivity contribution < 1.29 is 9.59 Å². The predicted octanol–water partition coefficient (Wildman–Crippen LogP) is 1.89. The normalized spacial score (nSPS) is 18.0. The van der Waals surface area contributed by atoms with Crippen molar-refractivity contribution in [2.75, 3.05) is 6.54 Å². The number of carbonyl (C=O) groups is 2. The summed E-state index contributed by atoms with van der Waals surface area (Å²) in [6.45, 7) is 2.23. The molecule has 0 aliphatic heterocycles. The highest BCUT2D eigenvalue weighted by Crippen LogP contribution is 2.29. The summed E-state index contributed by atoms with van der Waals surface area (Å²) in [5, 5.41) is 1.82. The second-order valence-corrected chi connectivity index (χ2v) is 3.64. The van der Waals surface area contributed by atoms with Gasteiger partial charge in [0.1, 0.15) is 20.8 Å². The van der Waals surface area contributed by atoms with Crippen LogP contribution in [0.4, 0.5) is 0 Å². The zero-order valence-electron chi connectivity index (χ0n) is 7.16. The summed E-state index contributed by atoms with van der Waals surface area (Å²) in [6.07, 6.45) is 0. The van der Waals surface area contributed by atoms with Crippen LogP contribution in [-0.4, -0.2) is 18.1 Å². The number of nitrogens with one attached hydrogen (secondary N) is 1. The maximum atomic E-state index is 11.5. The van der Waals surface area contributed by atoms with Gasteiger partial charge in [-0.05, 0) is 6.92 Å². The van der Waals surface area contributed by atoms with Crippen LogP contribution in [0.5, 0.6) is 0 Å². The Morgan fingerprint density at radius 3 is 2.00 bits per heavy atom. The molecule has 0 amide bonds. The van der Waals surface area contributed by atoms with Crippen molar-refractivity contribution in [3.8, 4) is 0 Å². The van der Waals surface area contributed by atoms with Crippen molar-refractivity contribution in [1.82, 2.24) is 5.32 Å². The van der Waals surface area contributed by atoms with E-state index >= 15 is 0 Å². The van der Waals surface area contributed by atoms with Gasteiger partial charge in [0.25, 0.3) is 0 Å². The molecule has 0 saturated carbocycles. The van der Waals surface area contributed by atoms with E-state index < -0.39 is 11.6 Å². The SMILES string of the molecule is CCNC1=C(Cl)C(=O)C(Cl)=C(Cl)C1=O. The molecule has 76 valence electrons. The van der Waals surface area contributed by atoms with Gasteiger partial charge in [-0.25, -0.2) is 0 Å². The van der Waals surface area contributed by atoms with Crippen LogP contribution in [-0.2, 0) is 9.59 Å². The molecule has 0 radical (unpaired) electrons. The lowest BCUT2D eigenvalue weighted by molar-refractivity contribution is -0.115. The minimum Gasteiger partial charge on any atom is -0.381 e. The molecule has 0 unspecified atom stereocenters. The molecular weight excluding hydrogens is 248 g/mol. The van der Waals surface area contributed by atoms with Gasteiger partial charge >= 0.3 is 0 Å². The highest BCUT2D eigenvalue weighted by molar-refractivity contribution is 6.64. The molecule has 14 heavy (non-hydrogen) atoms. The summed E-state index contributed by atoms with van der Waals surface area (Å²) in [5.74, 6) is -1.18. The number of halogens is 3. The molecule has 1 rings (SSSR count). The average Bonchev–Trinajstić information content (AvgIpc) is 2.19. The van der Waals surface area contributed by atoms with Gasteiger partial charge < -0.3 is 5.32 Å². The summed E-state index contributed by atoms with van der Waals surface area (Å²) in [7, 11) is 0. The number of Topliss-reactive ketones (excluding diaryl/α,β-unsaturated/α-hetero) is 2. The van der Waals surface area contributed by atoms with E-state index in [2.05, 4.69) is 5.32 Å². The zero-order chi connectivity index (χ0) is 10.9. The number of carbonyl (C=O) groups excluding carboxylic acids is 2. The first-order chi connectivity index (χ1) is 6.50. The van der Waals surface area contributed by atoms with Crippen molar-refractivity contribution in [2.24, 2.45) is 0 Å². The lowest BCUT2D eigenvalue weighted by atomic mass is 10.1. The van der Waals surface area contributed by atoms with Crippen LogP contribution in [0.15, 0.2) is 20.8 Å². The van der Waals surface area contributed by atoms with Gasteiger partial charge in [-0.15, -0.1) is 0 Å². The van der Waals surface area contributed by atoms with Gasteiger partial charge in [0.05, 0.1) is 0 Å². The van der Waals surface area contributed by atoms with Gasteiger partial charge in [-0.2, -0.15) is 0 Å². The molecular formula is C8H6Cl3NO2. The number of ketones is 2. The molecule has 0 aromatic heterocycles. The molecule has 1 aliphatic rings. The zero-order valence-corrected chi connectivity index (χ0v) is 9.43. The molecule has 0 bridgehead atoms. The third kappa shape index (κ3) is 1.80. The third-order valence-corrected chi connectivity index (χ3v) is 2.77. The van der Waals surface area contributed by atoms with Crippen molar-refractivity contribution >= 4 is 46.4 Å². The van der Waals surface area contributed by atoms with Crippen molar-refractivity contribution in [3.05, 3.63) is 20.8 Å². The van der Waals surface area contributed by atoms with E-state index in [4.69, 9.17) is 34.8 Å². The van der Waals surface area contributed by atoms with Crippen LogP contribution >= 0.6 is 34.8 Å². The van der Waals surface area contributed by atoms with Crippen LogP contribution in [0.2, 0.25) is 0 Å². The molecule has 0 spiro atoms. The molecule has 1 aliphatic carbocycles. The van der Waals surface area contributed by atoms with Crippen molar-refractivity contribution in [3.63, 3.8) is 0 Å². The fraction of sp³-hybridized carbons (Fsp3) is 0.250. The topological polar surface area (TPSA) is 46.2 Å². The van der Waals surface area contributed by atoms with Crippen molar-refractivity contribution in [1.29, 1.82) is 0 Å². The smallest absolute Gasteiger partial charge is 0.223 e. The Labute approximate surface area is 95.7 Å². The predicted molar refractivity (Wildman–Crippen MR) is 55.3 cm³/mol. The lowest BCUT2D eigenvalue weighted by Gasteiger charge is -2.14. The first-order valence-electron chi connectivity index (χ1n) is 3.79. The lowest BCUT2D eigenvalue weighted by Crippen LogP contribution is -2.27. The standard InChI is InChI=1S/C8H6Cl3NO2/c1-2-12-6-5(11)7(13)3(9)4(10)8(6)14/h12H,2H2,1H3. The molecule has 0 aromatic carbocycles. The van der Waals surface area contributed by atoms with Gasteiger partial charge in [0, 0.05) is 6.54 Å². The molecule has 1 N–H and O–H groups in total. The van der Waals surface area contributed by atoms with E-state index in [9.17, 15) is 9.59 Å². The van der Waals surface area contributed by atoms with E-state index in [1.165, 1.54) is 0 Å². The number of allylic oxidation sites excluding steroid dienone is 3. The second kappa shape index (κ2) is 4.34. The molecule has 6 heteroatoms. The van der Waals surface area contributed by atoms with Gasteiger partial charge in [0.2, 0.25) is 11.6 Å². The monoisotopic (exact) mass is 253 g/mol. The summed E-state index contributed by atoms with van der Waals surface area (Å²) in [6, 6.07) is 0. The largest absolute Gasteiger partial charge is 0.381 e. The second-order valence-electron chi connectivity index (χ2n) is 2.51. The Balaban J connectivity index is 3.19. The van der Waals surface area contributed by atoms with E-state index in [1.807, 2.05) is 0 Å². The maximum Gasteiger partial charge on any atom is 0.223 e. The molecule has 0 saturated heterocycles. The summed E-state index contributed by atoms with van der Waals surface area (Å²) in [4.78, 5) is 22.8. The highest BCUT2D eigenvalue weighted by atomic mass is 35.5. The number of hydrogen-bond acceptors (Lipinski definition) is 3. The van der Waals surface area contributed by atoms with Crippen LogP contribution in [0.3, 0.4) is 0 Å². The Kier molecular flexibility index (Phi) is 3.59. The highest BCUT2D eigenvalue weighted by Gasteiger charge is 2.31. The Morgan fingerprint density at radius 1 is 1.00 bits per heavy atom. The van der Waals surface area contributed by atoms with Gasteiger partial charge in [-0.3, -0.25) is 9.59 Å². The van der Waals surface area contributed by atoms with E-state index in [-0.39, 0.29) is 20.8 Å². The van der Waals surface area contributed by atoms with E-state index in [1.54, 1.807) is 6.92 Å². The van der Waals surface area contributed by atoms with Gasteiger partial charge in [0.15, 0.2) is 0 Å². The van der Waals surface area contributed by atoms with Crippen LogP contribution in [0, 0.1) is 0 Å². The molecule has 0 aromatic rings. The summed E-state index contributed by atoms with van der Waals surface area (Å²) < 4.78 is 0. The number of likely N-dealkylation sites (N-methyl/N-ethyl adjacent to an activating group) is 1. The molecule has 0 atom stereocenters. The van der Waals surface area contributed by atoms with Gasteiger partial charge in [-0.1, -0.05) is 34.8 Å². The van der Waals surface area contributed by atoms with E-state index in [0.717, 1.165) is 0 Å². The van der Waals surface area contributed by atoms with Crippen LogP contribution in [0.25, 0.3) is 0 Å². The van der Waals surface area contributed by atoms with Crippen molar-refractivity contribution in [2.45, 2.75) is 6.92 Å². The quantitative estimate of drug-likeness (QED) is 0.766. The van der Waals surface area contributed by atoms with E-state index in [0.29, 0.717) is 6.54 Å². The van der Waals surface area contributed by atoms with Crippen LogP contribution in [0.1, 0.15) is 6.92 Å². The molecule has 0 heterocycles. The Hall–Kier alpha value is -0.510. The summed E-state index contributed by atoms with van der Waals surface area (Å²) >= 11 is 16.7. The Morgan fingerprint density at radius 2 is 1.50 bits per heavy atom. The fourth-order valence-electron chi connectivity index (χ4n) is 0.953. The first-order valence-corrected chi connectivity index (χ1v) is 4.92. The summed E-state index contributed by atoms with van der Waals surface area (Å²) in [5.41, 5.74) is 0.00793. The molecule has 3 nitrogen and oxygen atoms in total. The minimum atomic E-state index is -0.631. The number of hydrogen-bond donors (Lipinski definition) is 1. The minimum absolute atomic E-state index is 0.00793. The third-order valence-electron chi connectivity index (χ3n) is 1.59. The Bertz CT molecular complexity index is 371. The van der Waals surface area contributed by atoms with Crippen LogP contribution < -0.4 is 5.32 Å².